The van der Waals surface area contributed by atoms with E-state index in [0.29, 0.717) is 11.8 Å². The van der Waals surface area contributed by atoms with Crippen LogP contribution < -0.4 is 0 Å². The van der Waals surface area contributed by atoms with Crippen LogP contribution in [-0.2, 0) is 17.8 Å². The number of allylic oxidation sites excluding steroid dienone is 3. The molecule has 1 N–H and O–H groups in total. The van der Waals surface area contributed by atoms with E-state index in [1.54, 1.807) is 18.3 Å². The van der Waals surface area contributed by atoms with Gasteiger partial charge in [-0.3, -0.25) is 4.90 Å². The van der Waals surface area contributed by atoms with E-state index >= 15 is 0 Å². The van der Waals surface area contributed by atoms with Crippen molar-refractivity contribution in [3.63, 3.8) is 0 Å². The van der Waals surface area contributed by atoms with Gasteiger partial charge in [0.1, 0.15) is 5.60 Å². The van der Waals surface area contributed by atoms with Gasteiger partial charge < -0.3 is 9.84 Å². The Morgan fingerprint density at radius 1 is 1.03 bits per heavy atom. The van der Waals surface area contributed by atoms with Gasteiger partial charge in [0.05, 0.1) is 18.4 Å². The van der Waals surface area contributed by atoms with E-state index in [1.807, 2.05) is 0 Å². The lowest BCUT2D eigenvalue weighted by Crippen LogP contribution is -2.54. The van der Waals surface area contributed by atoms with Crippen LogP contribution in [0.15, 0.2) is 47.2 Å². The zero-order valence-corrected chi connectivity index (χ0v) is 22.9. The standard InChI is InChI=1S/C33H43NO2/c1-30(2,34-21-24-8-6-7-9-25(24)22-34)16-19-33(35)15-14-29-28-12-10-23-20-26(36-5)11-13-27(23)31(28,3)17-18-32(29,33)4/h6-9,11,28-29,35H,10,12-15,17-18,20-22H2,1-5H3/t28-,29-,31+,32-,33+/m0/s1. The number of hydrogen-bond donors (Lipinski definition) is 1. The fourth-order valence-electron chi connectivity index (χ4n) is 8.74. The summed E-state index contributed by atoms with van der Waals surface area (Å²) in [5, 5.41) is 12.2. The maximum atomic E-state index is 12.2. The number of hydrogen-bond acceptors (Lipinski definition) is 3. The van der Waals surface area contributed by atoms with Crippen molar-refractivity contribution in [2.45, 2.75) is 103 Å². The molecule has 3 heteroatoms. The van der Waals surface area contributed by atoms with Gasteiger partial charge >= 0.3 is 0 Å². The van der Waals surface area contributed by atoms with Gasteiger partial charge in [-0.25, -0.2) is 0 Å². The van der Waals surface area contributed by atoms with Crippen LogP contribution in [0.5, 0.6) is 0 Å². The van der Waals surface area contributed by atoms with Crippen LogP contribution in [0.3, 0.4) is 0 Å². The van der Waals surface area contributed by atoms with Crippen molar-refractivity contribution in [1.82, 2.24) is 4.90 Å². The Labute approximate surface area is 218 Å². The first kappa shape index (κ1) is 24.3. The molecule has 0 aromatic heterocycles. The Hall–Kier alpha value is -2.02. The van der Waals surface area contributed by atoms with E-state index < -0.39 is 5.60 Å². The lowest BCUT2D eigenvalue weighted by atomic mass is 9.47. The molecule has 1 heterocycles. The lowest BCUT2D eigenvalue weighted by Gasteiger charge is -2.58. The molecule has 0 spiro atoms. The van der Waals surface area contributed by atoms with Gasteiger partial charge in [0.15, 0.2) is 0 Å². The average molecular weight is 486 g/mol. The van der Waals surface area contributed by atoms with Crippen LogP contribution in [0.2, 0.25) is 0 Å². The van der Waals surface area contributed by atoms with E-state index in [1.165, 1.54) is 24.0 Å². The summed E-state index contributed by atoms with van der Waals surface area (Å²) >= 11 is 0. The summed E-state index contributed by atoms with van der Waals surface area (Å²) in [5.41, 5.74) is 5.10. The van der Waals surface area contributed by atoms with Crippen molar-refractivity contribution in [2.75, 3.05) is 7.11 Å². The van der Waals surface area contributed by atoms with E-state index in [4.69, 9.17) is 4.74 Å². The molecule has 5 aliphatic rings. The molecular weight excluding hydrogens is 442 g/mol. The fraction of sp³-hybridized carbons (Fsp3) is 0.636. The van der Waals surface area contributed by atoms with Gasteiger partial charge in [-0.05, 0) is 93.2 Å². The SMILES string of the molecule is COC1=CCC2=C(CC[C@H]3[C@@H]4CC[C@@](O)(C#CC(C)(C)N5Cc6ccccc6C5)[C@@]4(C)CC[C@]23C)C1. The first-order valence-electron chi connectivity index (χ1n) is 14.1. The summed E-state index contributed by atoms with van der Waals surface area (Å²) in [4.78, 5) is 2.46. The maximum absolute atomic E-state index is 12.2. The Morgan fingerprint density at radius 3 is 2.44 bits per heavy atom. The van der Waals surface area contributed by atoms with Crippen LogP contribution in [-0.4, -0.2) is 28.3 Å². The van der Waals surface area contributed by atoms with Gasteiger partial charge in [0.25, 0.3) is 0 Å². The molecule has 1 aromatic rings. The van der Waals surface area contributed by atoms with Crippen molar-refractivity contribution in [3.8, 4) is 11.8 Å². The zero-order valence-electron chi connectivity index (χ0n) is 22.9. The maximum Gasteiger partial charge on any atom is 0.131 e. The molecule has 0 radical (unpaired) electrons. The third-order valence-corrected chi connectivity index (χ3v) is 11.3. The highest BCUT2D eigenvalue weighted by Gasteiger charge is 2.64. The summed E-state index contributed by atoms with van der Waals surface area (Å²) in [6, 6.07) is 8.73. The number of rotatable bonds is 2. The Bertz CT molecular complexity index is 1170. The molecule has 6 rings (SSSR count). The van der Waals surface area contributed by atoms with Gasteiger partial charge in [-0.15, -0.1) is 0 Å². The Kier molecular flexibility index (Phi) is 5.57. The Balaban J connectivity index is 1.24. The van der Waals surface area contributed by atoms with Crippen LogP contribution in [0.1, 0.15) is 90.2 Å². The number of aliphatic hydroxyl groups is 1. The largest absolute Gasteiger partial charge is 0.501 e. The van der Waals surface area contributed by atoms with Gasteiger partial charge in [0.2, 0.25) is 0 Å². The second-order valence-corrected chi connectivity index (χ2v) is 13.3. The van der Waals surface area contributed by atoms with Crippen molar-refractivity contribution in [2.24, 2.45) is 22.7 Å². The number of benzene rings is 1. The van der Waals surface area contributed by atoms with Crippen molar-refractivity contribution in [1.29, 1.82) is 0 Å². The van der Waals surface area contributed by atoms with Crippen molar-refractivity contribution >= 4 is 0 Å². The van der Waals surface area contributed by atoms with Crippen LogP contribution in [0.25, 0.3) is 0 Å². The molecule has 0 bridgehead atoms. The van der Waals surface area contributed by atoms with Crippen molar-refractivity contribution < 1.29 is 9.84 Å². The molecule has 0 amide bonds. The lowest BCUT2D eigenvalue weighted by molar-refractivity contribution is -0.0924. The summed E-state index contributed by atoms with van der Waals surface area (Å²) in [7, 11) is 1.81. The minimum atomic E-state index is -0.896. The molecule has 5 atom stereocenters. The highest BCUT2D eigenvalue weighted by atomic mass is 16.5. The second kappa shape index (κ2) is 8.24. The molecule has 192 valence electrons. The van der Waals surface area contributed by atoms with Crippen LogP contribution in [0, 0.1) is 34.5 Å². The molecule has 0 unspecified atom stereocenters. The van der Waals surface area contributed by atoms with E-state index in [2.05, 4.69) is 74.8 Å². The monoisotopic (exact) mass is 485 g/mol. The van der Waals surface area contributed by atoms with Gasteiger partial charge in [0, 0.05) is 24.9 Å². The van der Waals surface area contributed by atoms with Crippen molar-refractivity contribution in [3.05, 3.63) is 58.4 Å². The van der Waals surface area contributed by atoms with E-state index in [0.717, 1.165) is 57.4 Å². The molecule has 1 aromatic carbocycles. The zero-order chi connectivity index (χ0) is 25.3. The number of nitrogens with zero attached hydrogens (tertiary/aromatic N) is 1. The first-order valence-corrected chi connectivity index (χ1v) is 14.1. The number of ether oxygens (including phenoxy) is 1. The van der Waals surface area contributed by atoms with E-state index in [-0.39, 0.29) is 16.4 Å². The van der Waals surface area contributed by atoms with Gasteiger partial charge in [-0.1, -0.05) is 61.1 Å². The molecule has 1 aliphatic heterocycles. The molecule has 4 aliphatic carbocycles. The second-order valence-electron chi connectivity index (χ2n) is 13.3. The number of fused-ring (bicyclic) bond motifs is 5. The third-order valence-electron chi connectivity index (χ3n) is 11.3. The fourth-order valence-corrected chi connectivity index (χ4v) is 8.74. The molecular formula is C33H43NO2. The summed E-state index contributed by atoms with van der Waals surface area (Å²) in [5.74, 6) is 9.48. The average Bonchev–Trinajstić information content (AvgIpc) is 3.43. The smallest absolute Gasteiger partial charge is 0.131 e. The van der Waals surface area contributed by atoms with Crippen LogP contribution >= 0.6 is 0 Å². The first-order chi connectivity index (χ1) is 17.1. The summed E-state index contributed by atoms with van der Waals surface area (Å²) < 4.78 is 5.61. The normalized spacial score (nSPS) is 37.8. The third kappa shape index (κ3) is 3.48. The number of methoxy groups -OCH3 is 1. The minimum Gasteiger partial charge on any atom is -0.501 e. The molecule has 0 saturated heterocycles. The highest BCUT2D eigenvalue weighted by molar-refractivity contribution is 5.38. The summed E-state index contributed by atoms with van der Waals surface area (Å²) in [6.45, 7) is 11.2. The predicted molar refractivity (Wildman–Crippen MR) is 145 cm³/mol. The topological polar surface area (TPSA) is 32.7 Å². The quantitative estimate of drug-likeness (QED) is 0.371. The molecule has 2 fully saturated rings. The summed E-state index contributed by atoms with van der Waals surface area (Å²) in [6.07, 6.45) is 10.9. The molecule has 36 heavy (non-hydrogen) atoms. The molecule has 3 nitrogen and oxygen atoms in total. The predicted octanol–water partition coefficient (Wildman–Crippen LogP) is 6.76. The van der Waals surface area contributed by atoms with Gasteiger partial charge in [-0.2, -0.15) is 0 Å². The molecule has 2 saturated carbocycles. The Morgan fingerprint density at radius 2 is 1.75 bits per heavy atom. The highest BCUT2D eigenvalue weighted by Crippen LogP contribution is 2.68. The van der Waals surface area contributed by atoms with Crippen LogP contribution in [0.4, 0.5) is 0 Å². The minimum absolute atomic E-state index is 0.130. The van der Waals surface area contributed by atoms with E-state index in [9.17, 15) is 5.11 Å².